The predicted molar refractivity (Wildman–Crippen MR) is 50.5 cm³/mol. The van der Waals surface area contributed by atoms with Crippen LogP contribution in [0.5, 0.6) is 5.75 Å². The van der Waals surface area contributed by atoms with E-state index in [9.17, 15) is 0 Å². The molecule has 1 aliphatic rings. The van der Waals surface area contributed by atoms with Crippen molar-refractivity contribution in [2.45, 2.75) is 18.4 Å². The van der Waals surface area contributed by atoms with Gasteiger partial charge in [0.2, 0.25) is 0 Å². The Labute approximate surface area is 78.0 Å². The van der Waals surface area contributed by atoms with Crippen LogP contribution >= 0.6 is 0 Å². The predicted octanol–water partition coefficient (Wildman–Crippen LogP) is 2.60. The topological polar surface area (TPSA) is 13.6 Å². The maximum Gasteiger partial charge on any atom is 0.261 e. The second-order valence-electron chi connectivity index (χ2n) is 3.34. The molecule has 2 rings (SSSR count). The normalized spacial score (nSPS) is 17.5. The van der Waals surface area contributed by atoms with Gasteiger partial charge in [0.05, 0.1) is 12.7 Å². The zero-order valence-corrected chi connectivity index (χ0v) is 7.58. The molecule has 1 saturated carbocycles. The molecule has 1 fully saturated rings. The summed E-state index contributed by atoms with van der Waals surface area (Å²) in [6.07, 6.45) is 1.94. The van der Waals surface area contributed by atoms with Gasteiger partial charge in [-0.25, -0.2) is 6.57 Å². The van der Waals surface area contributed by atoms with E-state index in [0.29, 0.717) is 0 Å². The molecule has 0 amide bonds. The van der Waals surface area contributed by atoms with E-state index in [0.717, 1.165) is 24.2 Å². The van der Waals surface area contributed by atoms with Crippen molar-refractivity contribution < 1.29 is 4.74 Å². The first-order valence-electron chi connectivity index (χ1n) is 4.34. The number of nitrogens with zero attached hydrogens (tertiary/aromatic N) is 1. The molecule has 2 heteroatoms. The van der Waals surface area contributed by atoms with Crippen molar-refractivity contribution in [2.75, 3.05) is 7.11 Å². The number of rotatable bonds is 2. The molecule has 0 unspecified atom stereocenters. The molecule has 1 aliphatic carbocycles. The standard InChI is InChI=1S/C11H11NO/c1-12-11(7-8-11)9-5-3-4-6-10(9)13-2/h3-6H,7-8H2,2H3. The lowest BCUT2D eigenvalue weighted by Gasteiger charge is -2.08. The van der Waals surface area contributed by atoms with Crippen LogP contribution < -0.4 is 4.74 Å². The van der Waals surface area contributed by atoms with Gasteiger partial charge in [0.15, 0.2) is 0 Å². The van der Waals surface area contributed by atoms with Gasteiger partial charge in [-0.1, -0.05) is 12.1 Å². The average Bonchev–Trinajstić information content (AvgIpc) is 2.98. The minimum atomic E-state index is -0.257. The molecule has 0 N–H and O–H groups in total. The Morgan fingerprint density at radius 1 is 1.38 bits per heavy atom. The summed E-state index contributed by atoms with van der Waals surface area (Å²) in [5.74, 6) is 0.844. The number of hydrogen-bond donors (Lipinski definition) is 0. The molecule has 0 aromatic heterocycles. The van der Waals surface area contributed by atoms with Crippen LogP contribution in [0.15, 0.2) is 24.3 Å². The van der Waals surface area contributed by atoms with E-state index < -0.39 is 0 Å². The monoisotopic (exact) mass is 173 g/mol. The molecule has 1 aromatic carbocycles. The fourth-order valence-electron chi connectivity index (χ4n) is 1.59. The first-order chi connectivity index (χ1) is 6.32. The van der Waals surface area contributed by atoms with Gasteiger partial charge in [-0.15, -0.1) is 0 Å². The van der Waals surface area contributed by atoms with Crippen LogP contribution in [-0.2, 0) is 5.54 Å². The highest BCUT2D eigenvalue weighted by Crippen LogP contribution is 2.52. The highest BCUT2D eigenvalue weighted by Gasteiger charge is 2.54. The van der Waals surface area contributed by atoms with E-state index in [2.05, 4.69) is 4.85 Å². The van der Waals surface area contributed by atoms with E-state index in [1.54, 1.807) is 7.11 Å². The molecule has 0 saturated heterocycles. The molecule has 0 radical (unpaired) electrons. The van der Waals surface area contributed by atoms with E-state index in [1.807, 2.05) is 24.3 Å². The fraction of sp³-hybridized carbons (Fsp3) is 0.364. The third-order valence-corrected chi connectivity index (χ3v) is 2.55. The Bertz CT molecular complexity index is 361. The van der Waals surface area contributed by atoms with Gasteiger partial charge in [0, 0.05) is 12.8 Å². The van der Waals surface area contributed by atoms with Gasteiger partial charge >= 0.3 is 0 Å². The summed E-state index contributed by atoms with van der Waals surface area (Å²) in [6.45, 7) is 7.15. The lowest BCUT2D eigenvalue weighted by atomic mass is 10.0. The maximum atomic E-state index is 7.15. The molecule has 0 spiro atoms. The van der Waals surface area contributed by atoms with E-state index in [1.165, 1.54) is 0 Å². The van der Waals surface area contributed by atoms with Gasteiger partial charge in [0.1, 0.15) is 5.75 Å². The second-order valence-corrected chi connectivity index (χ2v) is 3.34. The molecule has 0 heterocycles. The molecular formula is C11H11NO. The van der Waals surface area contributed by atoms with Gasteiger partial charge in [-0.05, 0) is 12.1 Å². The Hall–Kier alpha value is -1.49. The lowest BCUT2D eigenvalue weighted by molar-refractivity contribution is 0.407. The lowest BCUT2D eigenvalue weighted by Crippen LogP contribution is -2.02. The third-order valence-electron chi connectivity index (χ3n) is 2.55. The zero-order chi connectivity index (χ0) is 9.31. The first-order valence-corrected chi connectivity index (χ1v) is 4.34. The summed E-state index contributed by atoms with van der Waals surface area (Å²) in [7, 11) is 1.65. The maximum absolute atomic E-state index is 7.15. The first kappa shape index (κ1) is 8.12. The van der Waals surface area contributed by atoms with Crippen LogP contribution in [0, 0.1) is 6.57 Å². The van der Waals surface area contributed by atoms with Gasteiger partial charge < -0.3 is 9.58 Å². The Morgan fingerprint density at radius 3 is 2.62 bits per heavy atom. The fourth-order valence-corrected chi connectivity index (χ4v) is 1.59. The van der Waals surface area contributed by atoms with Crippen LogP contribution in [0.3, 0.4) is 0 Å². The Morgan fingerprint density at radius 2 is 2.08 bits per heavy atom. The zero-order valence-electron chi connectivity index (χ0n) is 7.58. The smallest absolute Gasteiger partial charge is 0.261 e. The second kappa shape index (κ2) is 2.77. The van der Waals surface area contributed by atoms with Gasteiger partial charge in [-0.2, -0.15) is 0 Å². The summed E-state index contributed by atoms with van der Waals surface area (Å²) < 4.78 is 5.23. The molecule has 0 atom stereocenters. The highest BCUT2D eigenvalue weighted by atomic mass is 16.5. The largest absolute Gasteiger partial charge is 0.496 e. The Balaban J connectivity index is 2.46. The van der Waals surface area contributed by atoms with Gasteiger partial charge in [-0.3, -0.25) is 0 Å². The van der Waals surface area contributed by atoms with Gasteiger partial charge in [0.25, 0.3) is 5.54 Å². The molecule has 66 valence electrons. The molecule has 13 heavy (non-hydrogen) atoms. The number of para-hydroxylation sites is 1. The van der Waals surface area contributed by atoms with Crippen LogP contribution in [-0.4, -0.2) is 7.11 Å². The molecule has 1 aromatic rings. The molecule has 2 nitrogen and oxygen atoms in total. The van der Waals surface area contributed by atoms with Crippen molar-refractivity contribution in [1.29, 1.82) is 0 Å². The Kier molecular flexibility index (Phi) is 1.73. The summed E-state index contributed by atoms with van der Waals surface area (Å²) >= 11 is 0. The number of ether oxygens (including phenoxy) is 1. The van der Waals surface area contributed by atoms with Crippen molar-refractivity contribution in [1.82, 2.24) is 0 Å². The van der Waals surface area contributed by atoms with E-state index in [4.69, 9.17) is 11.3 Å². The van der Waals surface area contributed by atoms with Crippen LogP contribution in [0.25, 0.3) is 4.85 Å². The summed E-state index contributed by atoms with van der Waals surface area (Å²) in [5.41, 5.74) is 0.791. The minimum absolute atomic E-state index is 0.257. The summed E-state index contributed by atoms with van der Waals surface area (Å²) in [6, 6.07) is 7.80. The average molecular weight is 173 g/mol. The molecular weight excluding hydrogens is 162 g/mol. The number of benzene rings is 1. The van der Waals surface area contributed by atoms with E-state index >= 15 is 0 Å². The SMILES string of the molecule is [C-]#[N+]C1(c2ccccc2OC)CC1. The van der Waals surface area contributed by atoms with Crippen molar-refractivity contribution in [2.24, 2.45) is 0 Å². The molecule has 0 aliphatic heterocycles. The number of hydrogen-bond acceptors (Lipinski definition) is 1. The summed E-state index contributed by atoms with van der Waals surface area (Å²) in [4.78, 5) is 3.68. The van der Waals surface area contributed by atoms with Crippen molar-refractivity contribution >= 4 is 0 Å². The summed E-state index contributed by atoms with van der Waals surface area (Å²) in [5, 5.41) is 0. The molecule has 0 bridgehead atoms. The van der Waals surface area contributed by atoms with Crippen molar-refractivity contribution in [3.05, 3.63) is 41.2 Å². The quantitative estimate of drug-likeness (QED) is 0.627. The number of methoxy groups -OCH3 is 1. The minimum Gasteiger partial charge on any atom is -0.496 e. The van der Waals surface area contributed by atoms with Crippen molar-refractivity contribution in [3.8, 4) is 5.75 Å². The van der Waals surface area contributed by atoms with E-state index in [-0.39, 0.29) is 5.54 Å². The van der Waals surface area contributed by atoms with Crippen LogP contribution in [0.2, 0.25) is 0 Å². The third kappa shape index (κ3) is 1.17. The van der Waals surface area contributed by atoms with Crippen LogP contribution in [0.4, 0.5) is 0 Å². The van der Waals surface area contributed by atoms with Crippen LogP contribution in [0.1, 0.15) is 18.4 Å². The van der Waals surface area contributed by atoms with Crippen molar-refractivity contribution in [3.63, 3.8) is 0 Å². The highest BCUT2D eigenvalue weighted by molar-refractivity contribution is 5.44.